The smallest absolute Gasteiger partial charge is 0.253 e. The topological polar surface area (TPSA) is 99.3 Å². The number of hydrogen-bond donors (Lipinski definition) is 2. The molecule has 0 bridgehead atoms. The summed E-state index contributed by atoms with van der Waals surface area (Å²) in [5.41, 5.74) is 2.74. The number of aryl methyl sites for hydroxylation is 2. The maximum atomic E-state index is 12.6. The van der Waals surface area contributed by atoms with Crippen molar-refractivity contribution in [2.24, 2.45) is 5.92 Å². The number of rotatable bonds is 6. The fourth-order valence-electron chi connectivity index (χ4n) is 3.69. The number of piperidine rings is 1. The van der Waals surface area contributed by atoms with Gasteiger partial charge in [0.2, 0.25) is 15.9 Å². The van der Waals surface area contributed by atoms with Crippen LogP contribution in [0, 0.1) is 19.8 Å². The molecule has 0 aliphatic carbocycles. The number of hydrogen-bond acceptors (Lipinski definition) is 4. The van der Waals surface area contributed by atoms with Crippen molar-refractivity contribution < 1.29 is 13.2 Å². The van der Waals surface area contributed by atoms with E-state index < -0.39 is 10.0 Å². The predicted molar refractivity (Wildman–Crippen MR) is 112 cm³/mol. The third-order valence-electron chi connectivity index (χ3n) is 5.34. The van der Waals surface area contributed by atoms with Crippen LogP contribution in [0.1, 0.15) is 35.2 Å². The number of pyridine rings is 1. The van der Waals surface area contributed by atoms with Gasteiger partial charge in [-0.1, -0.05) is 30.3 Å². The molecular formula is C21H27N3O4S. The van der Waals surface area contributed by atoms with Gasteiger partial charge in [0.05, 0.1) is 5.75 Å². The van der Waals surface area contributed by atoms with Crippen LogP contribution in [-0.2, 0) is 27.1 Å². The lowest BCUT2D eigenvalue weighted by Crippen LogP contribution is -2.43. The number of carbonyl (C=O) groups is 1. The lowest BCUT2D eigenvalue weighted by molar-refractivity contribution is -0.126. The number of aromatic nitrogens is 1. The van der Waals surface area contributed by atoms with E-state index in [9.17, 15) is 18.0 Å². The number of aromatic amines is 1. The Morgan fingerprint density at radius 2 is 1.83 bits per heavy atom. The van der Waals surface area contributed by atoms with Gasteiger partial charge in [0.15, 0.2) is 0 Å². The average Bonchev–Trinajstić information content (AvgIpc) is 2.67. The Hall–Kier alpha value is -2.45. The second-order valence-corrected chi connectivity index (χ2v) is 9.54. The van der Waals surface area contributed by atoms with Gasteiger partial charge in [0.1, 0.15) is 0 Å². The lowest BCUT2D eigenvalue weighted by atomic mass is 9.97. The van der Waals surface area contributed by atoms with E-state index in [1.807, 2.05) is 38.1 Å². The molecular weight excluding hydrogens is 390 g/mol. The van der Waals surface area contributed by atoms with E-state index in [1.54, 1.807) is 12.1 Å². The van der Waals surface area contributed by atoms with Crippen molar-refractivity contribution in [2.75, 3.05) is 13.1 Å². The van der Waals surface area contributed by atoms with Crippen LogP contribution in [0.2, 0.25) is 0 Å². The Morgan fingerprint density at radius 1 is 1.17 bits per heavy atom. The molecule has 0 saturated carbocycles. The Labute approximate surface area is 171 Å². The second-order valence-electron chi connectivity index (χ2n) is 7.58. The molecule has 29 heavy (non-hydrogen) atoms. The van der Waals surface area contributed by atoms with Crippen LogP contribution in [0.15, 0.2) is 41.2 Å². The Kier molecular flexibility index (Phi) is 6.54. The highest BCUT2D eigenvalue weighted by Gasteiger charge is 2.31. The molecule has 156 valence electrons. The highest BCUT2D eigenvalue weighted by molar-refractivity contribution is 7.88. The van der Waals surface area contributed by atoms with E-state index >= 15 is 0 Å². The van der Waals surface area contributed by atoms with Gasteiger partial charge >= 0.3 is 0 Å². The molecule has 3 rings (SSSR count). The molecule has 1 amide bonds. The summed E-state index contributed by atoms with van der Waals surface area (Å²) in [5.74, 6) is -0.410. The predicted octanol–water partition coefficient (Wildman–Crippen LogP) is 1.85. The summed E-state index contributed by atoms with van der Waals surface area (Å²) >= 11 is 0. The molecule has 2 heterocycles. The first-order valence-electron chi connectivity index (χ1n) is 9.75. The van der Waals surface area contributed by atoms with Gasteiger partial charge in [-0.3, -0.25) is 9.59 Å². The highest BCUT2D eigenvalue weighted by Crippen LogP contribution is 2.22. The van der Waals surface area contributed by atoms with Crippen LogP contribution in [0.5, 0.6) is 0 Å². The minimum atomic E-state index is -3.40. The van der Waals surface area contributed by atoms with Crippen molar-refractivity contribution in [2.45, 2.75) is 39.0 Å². The minimum Gasteiger partial charge on any atom is -0.352 e. The summed E-state index contributed by atoms with van der Waals surface area (Å²) in [7, 11) is -3.40. The molecule has 0 unspecified atom stereocenters. The highest BCUT2D eigenvalue weighted by atomic mass is 32.2. The normalized spacial score (nSPS) is 15.9. The molecule has 1 aromatic carbocycles. The van der Waals surface area contributed by atoms with Crippen molar-refractivity contribution in [1.82, 2.24) is 14.6 Å². The fourth-order valence-corrected chi connectivity index (χ4v) is 5.26. The van der Waals surface area contributed by atoms with Crippen LogP contribution in [-0.4, -0.2) is 36.7 Å². The van der Waals surface area contributed by atoms with E-state index in [2.05, 4.69) is 10.3 Å². The molecule has 7 nitrogen and oxygen atoms in total. The van der Waals surface area contributed by atoms with Crippen molar-refractivity contribution in [3.63, 3.8) is 0 Å². The van der Waals surface area contributed by atoms with Crippen molar-refractivity contribution in [3.05, 3.63) is 69.1 Å². The van der Waals surface area contributed by atoms with Crippen LogP contribution >= 0.6 is 0 Å². The molecule has 1 aromatic heterocycles. The quantitative estimate of drug-likeness (QED) is 0.749. The summed E-state index contributed by atoms with van der Waals surface area (Å²) in [4.78, 5) is 27.3. The molecule has 8 heteroatoms. The number of nitrogens with zero attached hydrogens (tertiary/aromatic N) is 1. The molecule has 1 fully saturated rings. The van der Waals surface area contributed by atoms with Crippen LogP contribution in [0.25, 0.3) is 0 Å². The first-order valence-corrected chi connectivity index (χ1v) is 11.4. The average molecular weight is 418 g/mol. The van der Waals surface area contributed by atoms with Gasteiger partial charge in [0.25, 0.3) is 5.56 Å². The van der Waals surface area contributed by atoms with Gasteiger partial charge in [-0.15, -0.1) is 0 Å². The molecule has 0 atom stereocenters. The van der Waals surface area contributed by atoms with Crippen LogP contribution in [0.3, 0.4) is 0 Å². The number of H-pyrrole nitrogens is 1. The molecule has 1 aliphatic rings. The van der Waals surface area contributed by atoms with Gasteiger partial charge in [-0.25, -0.2) is 12.7 Å². The molecule has 0 radical (unpaired) electrons. The fraction of sp³-hybridized carbons (Fsp3) is 0.429. The Morgan fingerprint density at radius 3 is 2.45 bits per heavy atom. The van der Waals surface area contributed by atoms with Crippen molar-refractivity contribution in [1.29, 1.82) is 0 Å². The largest absolute Gasteiger partial charge is 0.352 e. The number of benzene rings is 1. The van der Waals surface area contributed by atoms with Crippen molar-refractivity contribution >= 4 is 15.9 Å². The first kappa shape index (κ1) is 21.3. The summed E-state index contributed by atoms with van der Waals surface area (Å²) in [6.07, 6.45) is 0.951. The Balaban J connectivity index is 1.54. The first-order chi connectivity index (χ1) is 13.8. The molecule has 0 spiro atoms. The zero-order chi connectivity index (χ0) is 21.0. The van der Waals surface area contributed by atoms with Crippen molar-refractivity contribution in [3.8, 4) is 0 Å². The van der Waals surface area contributed by atoms with Gasteiger partial charge in [-0.05, 0) is 43.9 Å². The second kappa shape index (κ2) is 8.92. The van der Waals surface area contributed by atoms with Crippen LogP contribution < -0.4 is 10.9 Å². The zero-order valence-corrected chi connectivity index (χ0v) is 17.6. The molecule has 1 aliphatic heterocycles. The molecule has 1 saturated heterocycles. The summed E-state index contributed by atoms with van der Waals surface area (Å²) in [5, 5.41) is 2.84. The number of amides is 1. The summed E-state index contributed by atoms with van der Waals surface area (Å²) in [6, 6.07) is 11.0. The van der Waals surface area contributed by atoms with Gasteiger partial charge in [-0.2, -0.15) is 0 Å². The van der Waals surface area contributed by atoms with E-state index in [4.69, 9.17) is 0 Å². The minimum absolute atomic E-state index is 0.0276. The number of sulfonamides is 1. The molecule has 2 aromatic rings. The van der Waals surface area contributed by atoms with Gasteiger partial charge in [0, 0.05) is 36.8 Å². The van der Waals surface area contributed by atoms with E-state index in [0.717, 1.165) is 16.8 Å². The maximum absolute atomic E-state index is 12.6. The summed E-state index contributed by atoms with van der Waals surface area (Å²) < 4.78 is 26.7. The van der Waals surface area contributed by atoms with E-state index in [1.165, 1.54) is 4.31 Å². The monoisotopic (exact) mass is 417 g/mol. The SMILES string of the molecule is Cc1cc(C)c(CNC(=O)C2CCN(S(=O)(=O)Cc3ccccc3)CC2)c(=O)[nH]1. The van der Waals surface area contributed by atoms with Gasteiger partial charge < -0.3 is 10.3 Å². The standard InChI is InChI=1S/C21H27N3O4S/c1-15-12-16(2)23-21(26)19(15)13-22-20(25)18-8-10-24(11-9-18)29(27,28)14-17-6-4-3-5-7-17/h3-7,12,18H,8-11,13-14H2,1-2H3,(H,22,25)(H,23,26). The third-order valence-corrected chi connectivity index (χ3v) is 7.19. The number of nitrogens with one attached hydrogen (secondary N) is 2. The van der Waals surface area contributed by atoms with E-state index in [0.29, 0.717) is 31.5 Å². The lowest BCUT2D eigenvalue weighted by Gasteiger charge is -2.30. The molecule has 2 N–H and O–H groups in total. The Bertz CT molecular complexity index is 1020. The van der Waals surface area contributed by atoms with E-state index in [-0.39, 0.29) is 29.7 Å². The summed E-state index contributed by atoms with van der Waals surface area (Å²) in [6.45, 7) is 4.50. The third kappa shape index (κ3) is 5.33. The number of carbonyl (C=O) groups excluding carboxylic acids is 1. The zero-order valence-electron chi connectivity index (χ0n) is 16.8. The van der Waals surface area contributed by atoms with Crippen LogP contribution in [0.4, 0.5) is 0 Å². The maximum Gasteiger partial charge on any atom is 0.253 e.